The summed E-state index contributed by atoms with van der Waals surface area (Å²) in [5.74, 6) is -0.232. The molecule has 80 valence electrons. The van der Waals surface area contributed by atoms with Crippen LogP contribution in [0, 0.1) is 11.3 Å². The molecule has 0 saturated heterocycles. The molecule has 15 heavy (non-hydrogen) atoms. The number of nitriles is 1. The zero-order valence-corrected chi connectivity index (χ0v) is 8.04. The number of halogens is 3. The Morgan fingerprint density at radius 1 is 1.47 bits per heavy atom. The molecule has 0 amide bonds. The summed E-state index contributed by atoms with van der Waals surface area (Å²) in [5, 5.41) is 8.43. The van der Waals surface area contributed by atoms with Gasteiger partial charge in [-0.25, -0.2) is 0 Å². The van der Waals surface area contributed by atoms with Crippen LogP contribution in [0.2, 0.25) is 0 Å². The lowest BCUT2D eigenvalue weighted by Crippen LogP contribution is -2.07. The number of rotatable bonds is 2. The maximum Gasteiger partial charge on any atom is 0.417 e. The molecule has 0 aliphatic heterocycles. The van der Waals surface area contributed by atoms with Crippen LogP contribution < -0.4 is 0 Å². The molecule has 5 heteroatoms. The molecule has 0 bridgehead atoms. The molecule has 0 spiro atoms. The number of alkyl halides is 3. The monoisotopic (exact) mass is 214 g/mol. The van der Waals surface area contributed by atoms with Crippen LogP contribution in [-0.2, 0) is 6.18 Å². The number of pyridine rings is 1. The fourth-order valence-corrected chi connectivity index (χ4v) is 1.14. The molecule has 1 heterocycles. The minimum Gasteiger partial charge on any atom is -0.264 e. The van der Waals surface area contributed by atoms with Crippen molar-refractivity contribution in [3.63, 3.8) is 0 Å². The Balaban J connectivity index is 2.99. The van der Waals surface area contributed by atoms with Gasteiger partial charge in [-0.05, 0) is 17.5 Å². The van der Waals surface area contributed by atoms with Crippen LogP contribution in [0.4, 0.5) is 13.2 Å². The van der Waals surface area contributed by atoms with Gasteiger partial charge in [-0.2, -0.15) is 18.4 Å². The first kappa shape index (κ1) is 11.5. The highest BCUT2D eigenvalue weighted by Gasteiger charge is 2.31. The van der Waals surface area contributed by atoms with Crippen molar-refractivity contribution in [3.8, 4) is 6.07 Å². The fraction of sp³-hybridized carbons (Fsp3) is 0.400. The van der Waals surface area contributed by atoms with Crippen LogP contribution in [0.3, 0.4) is 0 Å². The Kier molecular flexibility index (Phi) is 3.30. The van der Waals surface area contributed by atoms with Crippen molar-refractivity contribution in [1.29, 1.82) is 5.26 Å². The highest BCUT2D eigenvalue weighted by atomic mass is 19.4. The molecule has 0 fully saturated rings. The van der Waals surface area contributed by atoms with Crippen molar-refractivity contribution in [2.45, 2.75) is 25.4 Å². The summed E-state index contributed by atoms with van der Waals surface area (Å²) < 4.78 is 36.9. The van der Waals surface area contributed by atoms with E-state index in [-0.39, 0.29) is 12.3 Å². The largest absolute Gasteiger partial charge is 0.417 e. The lowest BCUT2D eigenvalue weighted by Gasteiger charge is -2.10. The van der Waals surface area contributed by atoms with Crippen molar-refractivity contribution < 1.29 is 13.2 Å². The van der Waals surface area contributed by atoms with Gasteiger partial charge in [0, 0.05) is 18.8 Å². The van der Waals surface area contributed by atoms with E-state index in [1.807, 2.05) is 6.07 Å². The van der Waals surface area contributed by atoms with Gasteiger partial charge in [0.25, 0.3) is 0 Å². The average Bonchev–Trinajstić information content (AvgIpc) is 2.17. The highest BCUT2D eigenvalue weighted by molar-refractivity contribution is 5.23. The van der Waals surface area contributed by atoms with Gasteiger partial charge in [-0.1, -0.05) is 6.92 Å². The Bertz CT molecular complexity index is 379. The number of hydrogen-bond acceptors (Lipinski definition) is 2. The molecule has 0 N–H and O–H groups in total. The minimum absolute atomic E-state index is 0.184. The molecule has 0 radical (unpaired) electrons. The van der Waals surface area contributed by atoms with Gasteiger partial charge in [0.2, 0.25) is 0 Å². The Morgan fingerprint density at radius 2 is 2.13 bits per heavy atom. The predicted octanol–water partition coefficient (Wildman–Crippen LogP) is 3.12. The molecule has 2 nitrogen and oxygen atoms in total. The summed E-state index contributed by atoms with van der Waals surface area (Å²) >= 11 is 0. The number of aromatic nitrogens is 1. The molecule has 1 aromatic heterocycles. The third kappa shape index (κ3) is 2.94. The maximum absolute atomic E-state index is 12.3. The van der Waals surface area contributed by atoms with E-state index in [0.29, 0.717) is 5.56 Å². The summed E-state index contributed by atoms with van der Waals surface area (Å²) in [5.41, 5.74) is -0.337. The quantitative estimate of drug-likeness (QED) is 0.758. The molecule has 0 aromatic carbocycles. The second-order valence-corrected chi connectivity index (χ2v) is 3.27. The lowest BCUT2D eigenvalue weighted by molar-refractivity contribution is -0.137. The van der Waals surface area contributed by atoms with Crippen LogP contribution in [0.15, 0.2) is 18.5 Å². The number of hydrogen-bond donors (Lipinski definition) is 0. The van der Waals surface area contributed by atoms with Gasteiger partial charge in [-0.3, -0.25) is 4.98 Å². The van der Waals surface area contributed by atoms with Crippen LogP contribution in [0.1, 0.15) is 30.4 Å². The first-order valence-electron chi connectivity index (χ1n) is 4.34. The minimum atomic E-state index is -4.38. The smallest absolute Gasteiger partial charge is 0.264 e. The van der Waals surface area contributed by atoms with Crippen molar-refractivity contribution in [3.05, 3.63) is 29.6 Å². The zero-order valence-electron chi connectivity index (χ0n) is 8.04. The standard InChI is InChI=1S/C10H9F3N2/c1-7(2-3-14)8-4-9(6-15-5-8)10(11,12)13/h4-7H,2H2,1H3. The molecule has 0 aliphatic carbocycles. The summed E-state index contributed by atoms with van der Waals surface area (Å²) in [7, 11) is 0. The van der Waals surface area contributed by atoms with E-state index in [1.54, 1.807) is 6.92 Å². The van der Waals surface area contributed by atoms with Gasteiger partial charge in [-0.15, -0.1) is 0 Å². The van der Waals surface area contributed by atoms with Gasteiger partial charge in [0.15, 0.2) is 0 Å². The normalized spacial score (nSPS) is 13.3. The topological polar surface area (TPSA) is 36.7 Å². The third-order valence-corrected chi connectivity index (χ3v) is 2.05. The molecular formula is C10H9F3N2. The van der Waals surface area contributed by atoms with E-state index in [1.165, 1.54) is 6.20 Å². The summed E-state index contributed by atoms with van der Waals surface area (Å²) in [4.78, 5) is 3.53. The fourth-order valence-electron chi connectivity index (χ4n) is 1.14. The van der Waals surface area contributed by atoms with E-state index in [9.17, 15) is 13.2 Å². The molecule has 1 rings (SSSR count). The second-order valence-electron chi connectivity index (χ2n) is 3.27. The van der Waals surface area contributed by atoms with Crippen molar-refractivity contribution >= 4 is 0 Å². The van der Waals surface area contributed by atoms with Gasteiger partial charge in [0.05, 0.1) is 11.6 Å². The van der Waals surface area contributed by atoms with E-state index < -0.39 is 11.7 Å². The first-order chi connectivity index (χ1) is 6.95. The average molecular weight is 214 g/mol. The van der Waals surface area contributed by atoms with Crippen LogP contribution in [0.5, 0.6) is 0 Å². The Labute approximate surface area is 85.4 Å². The van der Waals surface area contributed by atoms with E-state index in [0.717, 1.165) is 12.3 Å². The van der Waals surface area contributed by atoms with Crippen LogP contribution >= 0.6 is 0 Å². The van der Waals surface area contributed by atoms with Crippen LogP contribution in [-0.4, -0.2) is 4.98 Å². The highest BCUT2D eigenvalue weighted by Crippen LogP contribution is 2.30. The third-order valence-electron chi connectivity index (χ3n) is 2.05. The van der Waals surface area contributed by atoms with Gasteiger partial charge >= 0.3 is 6.18 Å². The first-order valence-corrected chi connectivity index (χ1v) is 4.34. The summed E-state index contributed by atoms with van der Waals surface area (Å²) in [6.07, 6.45) is -2.06. The van der Waals surface area contributed by atoms with Gasteiger partial charge in [0.1, 0.15) is 0 Å². The predicted molar refractivity (Wildman–Crippen MR) is 47.9 cm³/mol. The SMILES string of the molecule is CC(CC#N)c1cncc(C(F)(F)F)c1. The van der Waals surface area contributed by atoms with E-state index in [4.69, 9.17) is 5.26 Å². The van der Waals surface area contributed by atoms with Crippen molar-refractivity contribution in [2.75, 3.05) is 0 Å². The maximum atomic E-state index is 12.3. The van der Waals surface area contributed by atoms with Crippen molar-refractivity contribution in [1.82, 2.24) is 4.98 Å². The second kappa shape index (κ2) is 4.30. The molecule has 1 unspecified atom stereocenters. The molecule has 1 atom stereocenters. The molecule has 0 saturated carbocycles. The summed E-state index contributed by atoms with van der Waals surface area (Å²) in [6, 6.07) is 2.95. The lowest BCUT2D eigenvalue weighted by atomic mass is 9.99. The van der Waals surface area contributed by atoms with Crippen molar-refractivity contribution in [2.24, 2.45) is 0 Å². The Morgan fingerprint density at radius 3 is 2.67 bits per heavy atom. The van der Waals surface area contributed by atoms with Crippen LogP contribution in [0.25, 0.3) is 0 Å². The van der Waals surface area contributed by atoms with E-state index >= 15 is 0 Å². The van der Waals surface area contributed by atoms with E-state index in [2.05, 4.69) is 4.98 Å². The Hall–Kier alpha value is -1.57. The van der Waals surface area contributed by atoms with Gasteiger partial charge < -0.3 is 0 Å². The molecular weight excluding hydrogens is 205 g/mol. The molecule has 1 aromatic rings. The summed E-state index contributed by atoms with van der Waals surface area (Å²) in [6.45, 7) is 1.69. The number of nitrogens with zero attached hydrogens (tertiary/aromatic N) is 2. The zero-order chi connectivity index (χ0) is 11.5. The molecule has 0 aliphatic rings.